The van der Waals surface area contributed by atoms with Crippen LogP contribution in [0.5, 0.6) is 0 Å². The maximum Gasteiger partial charge on any atom is 0.242 e. The summed E-state index contributed by atoms with van der Waals surface area (Å²) in [6.07, 6.45) is 0.820. The number of nitrogens with one attached hydrogen (secondary N) is 1. The number of benzene rings is 3. The number of aryl methyl sites for hydroxylation is 1. The molecule has 0 heterocycles. The lowest BCUT2D eigenvalue weighted by molar-refractivity contribution is -0.141. The maximum absolute atomic E-state index is 13.6. The van der Waals surface area contributed by atoms with E-state index in [-0.39, 0.29) is 36.2 Å². The lowest BCUT2D eigenvalue weighted by Gasteiger charge is -2.32. The number of carbonyl (C=O) groups is 2. The number of rotatable bonds is 12. The van der Waals surface area contributed by atoms with Gasteiger partial charge in [0.05, 0.1) is 4.90 Å². The SMILES string of the molecule is CNC(=O)C(Cc1ccccc1)N(Cc1ccccc1C)C(=O)CCCN(C)S(=O)(=O)c1ccccc1. The van der Waals surface area contributed by atoms with Gasteiger partial charge >= 0.3 is 0 Å². The Bertz CT molecular complexity index is 1280. The zero-order chi connectivity index (χ0) is 26.8. The highest BCUT2D eigenvalue weighted by atomic mass is 32.2. The van der Waals surface area contributed by atoms with Gasteiger partial charge in [0.2, 0.25) is 21.8 Å². The zero-order valence-corrected chi connectivity index (χ0v) is 22.4. The van der Waals surface area contributed by atoms with Gasteiger partial charge in [-0.15, -0.1) is 0 Å². The minimum atomic E-state index is -3.64. The van der Waals surface area contributed by atoms with Crippen molar-refractivity contribution in [3.63, 3.8) is 0 Å². The molecule has 3 aromatic rings. The molecule has 1 N–H and O–H groups in total. The van der Waals surface area contributed by atoms with Gasteiger partial charge in [-0.25, -0.2) is 12.7 Å². The summed E-state index contributed by atoms with van der Waals surface area (Å²) in [6.45, 7) is 2.45. The van der Waals surface area contributed by atoms with Crippen molar-refractivity contribution < 1.29 is 18.0 Å². The molecule has 196 valence electrons. The number of sulfonamides is 1. The van der Waals surface area contributed by atoms with Crippen molar-refractivity contribution in [3.8, 4) is 0 Å². The smallest absolute Gasteiger partial charge is 0.242 e. The fraction of sp³-hybridized carbons (Fsp3) is 0.310. The Morgan fingerprint density at radius 3 is 2.11 bits per heavy atom. The van der Waals surface area contributed by atoms with Crippen LogP contribution in [-0.4, -0.2) is 56.1 Å². The molecule has 0 fully saturated rings. The molecule has 8 heteroatoms. The number of likely N-dealkylation sites (N-methyl/N-ethyl adjacent to an activating group) is 1. The molecule has 0 bridgehead atoms. The third-order valence-electron chi connectivity index (χ3n) is 6.43. The quantitative estimate of drug-likeness (QED) is 0.393. The van der Waals surface area contributed by atoms with Crippen molar-refractivity contribution in [1.82, 2.24) is 14.5 Å². The van der Waals surface area contributed by atoms with E-state index in [9.17, 15) is 18.0 Å². The summed E-state index contributed by atoms with van der Waals surface area (Å²) in [5.74, 6) is -0.437. The van der Waals surface area contributed by atoms with Crippen LogP contribution in [-0.2, 0) is 32.6 Å². The number of hydrogen-bond acceptors (Lipinski definition) is 4. The van der Waals surface area contributed by atoms with Crippen LogP contribution in [0.3, 0.4) is 0 Å². The summed E-state index contributed by atoms with van der Waals surface area (Å²) in [5, 5.41) is 2.71. The summed E-state index contributed by atoms with van der Waals surface area (Å²) in [7, 11) is -0.557. The monoisotopic (exact) mass is 521 g/mol. The van der Waals surface area contributed by atoms with Gasteiger partial charge in [-0.2, -0.15) is 0 Å². The van der Waals surface area contributed by atoms with Gasteiger partial charge in [-0.05, 0) is 42.2 Å². The van der Waals surface area contributed by atoms with Crippen LogP contribution in [0.15, 0.2) is 89.8 Å². The van der Waals surface area contributed by atoms with E-state index in [4.69, 9.17) is 0 Å². The second kappa shape index (κ2) is 13.2. The Morgan fingerprint density at radius 2 is 1.49 bits per heavy atom. The standard InChI is InChI=1S/C29H35N3O4S/c1-23-13-10-11-16-25(23)22-32(27(29(34)30-2)21-24-14-6-4-7-15-24)28(33)19-12-20-31(3)37(35,36)26-17-8-5-9-18-26/h4-11,13-18,27H,12,19-22H2,1-3H3,(H,30,34). The van der Waals surface area contributed by atoms with Gasteiger partial charge in [0, 0.05) is 40.0 Å². The molecule has 0 aromatic heterocycles. The molecule has 0 saturated heterocycles. The molecule has 1 unspecified atom stereocenters. The average molecular weight is 522 g/mol. The summed E-state index contributed by atoms with van der Waals surface area (Å²) in [4.78, 5) is 28.4. The summed E-state index contributed by atoms with van der Waals surface area (Å²) in [5.41, 5.74) is 2.94. The van der Waals surface area contributed by atoms with Crippen molar-refractivity contribution >= 4 is 21.8 Å². The molecule has 0 aliphatic heterocycles. The van der Waals surface area contributed by atoms with E-state index < -0.39 is 16.1 Å². The number of carbonyl (C=O) groups excluding carboxylic acids is 2. The highest BCUT2D eigenvalue weighted by Gasteiger charge is 2.30. The molecular formula is C29H35N3O4S. The number of hydrogen-bond donors (Lipinski definition) is 1. The van der Waals surface area contributed by atoms with Crippen molar-refractivity contribution in [2.75, 3.05) is 20.6 Å². The van der Waals surface area contributed by atoms with Crippen molar-refractivity contribution in [3.05, 3.63) is 102 Å². The minimum absolute atomic E-state index is 0.114. The maximum atomic E-state index is 13.6. The van der Waals surface area contributed by atoms with Gasteiger partial charge in [-0.1, -0.05) is 72.8 Å². The van der Waals surface area contributed by atoms with E-state index >= 15 is 0 Å². The minimum Gasteiger partial charge on any atom is -0.357 e. The molecule has 1 atom stereocenters. The van der Waals surface area contributed by atoms with Crippen LogP contribution in [0, 0.1) is 6.92 Å². The predicted molar refractivity (Wildman–Crippen MR) is 145 cm³/mol. The molecule has 7 nitrogen and oxygen atoms in total. The van der Waals surface area contributed by atoms with Crippen molar-refractivity contribution in [2.24, 2.45) is 0 Å². The Balaban J connectivity index is 1.79. The highest BCUT2D eigenvalue weighted by molar-refractivity contribution is 7.89. The van der Waals surface area contributed by atoms with E-state index in [1.165, 1.54) is 11.4 Å². The molecule has 2 amide bonds. The first-order chi connectivity index (χ1) is 17.7. The largest absolute Gasteiger partial charge is 0.357 e. The molecule has 0 radical (unpaired) electrons. The normalized spacial score (nSPS) is 12.2. The van der Waals surface area contributed by atoms with Crippen LogP contribution < -0.4 is 5.32 Å². The van der Waals surface area contributed by atoms with Gasteiger partial charge in [0.1, 0.15) is 6.04 Å². The Hall–Kier alpha value is -3.49. The topological polar surface area (TPSA) is 86.8 Å². The van der Waals surface area contributed by atoms with E-state index in [2.05, 4.69) is 5.32 Å². The van der Waals surface area contributed by atoms with Gasteiger partial charge in [0.15, 0.2) is 0 Å². The Morgan fingerprint density at radius 1 is 0.892 bits per heavy atom. The summed E-state index contributed by atoms with van der Waals surface area (Å²) >= 11 is 0. The molecule has 0 spiro atoms. The van der Waals surface area contributed by atoms with Crippen molar-refractivity contribution in [1.29, 1.82) is 0 Å². The second-order valence-electron chi connectivity index (χ2n) is 9.01. The van der Waals surface area contributed by atoms with E-state index in [1.807, 2.05) is 61.5 Å². The van der Waals surface area contributed by atoms with Crippen LogP contribution >= 0.6 is 0 Å². The first-order valence-corrected chi connectivity index (χ1v) is 13.8. The molecule has 0 aliphatic rings. The Labute approximate surface area is 220 Å². The number of amides is 2. The Kier molecular flexibility index (Phi) is 10.00. The molecule has 0 aliphatic carbocycles. The average Bonchev–Trinajstić information content (AvgIpc) is 2.92. The van der Waals surface area contributed by atoms with Gasteiger partial charge in [0.25, 0.3) is 0 Å². The molecule has 3 aromatic carbocycles. The van der Waals surface area contributed by atoms with Gasteiger partial charge in [-0.3, -0.25) is 9.59 Å². The molecule has 0 saturated carbocycles. The van der Waals surface area contributed by atoms with Crippen molar-refractivity contribution in [2.45, 2.75) is 43.7 Å². The molecule has 37 heavy (non-hydrogen) atoms. The van der Waals surface area contributed by atoms with Gasteiger partial charge < -0.3 is 10.2 Å². The van der Waals surface area contributed by atoms with E-state index in [0.717, 1.165) is 16.7 Å². The number of nitrogens with zero attached hydrogens (tertiary/aromatic N) is 2. The molecular weight excluding hydrogens is 486 g/mol. The highest BCUT2D eigenvalue weighted by Crippen LogP contribution is 2.19. The zero-order valence-electron chi connectivity index (χ0n) is 21.6. The fourth-order valence-corrected chi connectivity index (χ4v) is 5.41. The predicted octanol–water partition coefficient (Wildman–Crippen LogP) is 3.78. The lowest BCUT2D eigenvalue weighted by Crippen LogP contribution is -2.49. The van der Waals surface area contributed by atoms with E-state index in [1.54, 1.807) is 42.3 Å². The van der Waals surface area contributed by atoms with Crippen LogP contribution in [0.2, 0.25) is 0 Å². The van der Waals surface area contributed by atoms with Crippen LogP contribution in [0.1, 0.15) is 29.5 Å². The third kappa shape index (κ3) is 7.50. The molecule has 3 rings (SSSR count). The summed E-state index contributed by atoms with van der Waals surface area (Å²) in [6, 6.07) is 24.9. The second-order valence-corrected chi connectivity index (χ2v) is 11.1. The van der Waals surface area contributed by atoms with Crippen LogP contribution in [0.25, 0.3) is 0 Å². The third-order valence-corrected chi connectivity index (χ3v) is 8.31. The first kappa shape index (κ1) is 28.1. The van der Waals surface area contributed by atoms with Crippen LogP contribution in [0.4, 0.5) is 0 Å². The van der Waals surface area contributed by atoms with E-state index in [0.29, 0.717) is 12.8 Å². The summed E-state index contributed by atoms with van der Waals surface area (Å²) < 4.78 is 26.9. The first-order valence-electron chi connectivity index (χ1n) is 12.3. The fourth-order valence-electron chi connectivity index (χ4n) is 4.18. The lowest BCUT2D eigenvalue weighted by atomic mass is 10.0.